The lowest BCUT2D eigenvalue weighted by Crippen LogP contribution is -2.66. The van der Waals surface area contributed by atoms with Crippen molar-refractivity contribution in [2.45, 2.75) is 55.6 Å². The van der Waals surface area contributed by atoms with E-state index in [1.165, 1.54) is 11.1 Å². The van der Waals surface area contributed by atoms with Crippen LogP contribution in [-0.2, 0) is 14.9 Å². The second-order valence-electron chi connectivity index (χ2n) is 8.38. The van der Waals surface area contributed by atoms with Gasteiger partial charge >= 0.3 is 0 Å². The maximum absolute atomic E-state index is 6.65. The average molecular weight is 343 g/mol. The number of methoxy groups -OCH3 is 1. The molecule has 3 heterocycles. The molecule has 2 bridgehead atoms. The summed E-state index contributed by atoms with van der Waals surface area (Å²) in [6.07, 6.45) is 3.08. The van der Waals surface area contributed by atoms with Gasteiger partial charge < -0.3 is 18.9 Å². The molecular weight excluding hydrogens is 318 g/mol. The molecule has 6 rings (SSSR count). The molecule has 5 nitrogen and oxygen atoms in total. The zero-order chi connectivity index (χ0) is 17.0. The van der Waals surface area contributed by atoms with E-state index in [1.807, 2.05) is 0 Å². The highest BCUT2D eigenvalue weighted by atomic mass is 16.8. The Kier molecular flexibility index (Phi) is 2.67. The molecule has 4 unspecified atom stereocenters. The van der Waals surface area contributed by atoms with E-state index in [4.69, 9.17) is 18.9 Å². The number of benzene rings is 1. The molecule has 2 saturated heterocycles. The van der Waals surface area contributed by atoms with Crippen molar-refractivity contribution in [1.29, 1.82) is 0 Å². The fourth-order valence-electron chi connectivity index (χ4n) is 6.74. The maximum atomic E-state index is 6.65. The van der Waals surface area contributed by atoms with Crippen LogP contribution >= 0.6 is 0 Å². The summed E-state index contributed by atoms with van der Waals surface area (Å²) in [5, 5.41) is 0. The first-order valence-corrected chi connectivity index (χ1v) is 9.50. The van der Waals surface area contributed by atoms with E-state index in [2.05, 4.69) is 31.0 Å². The van der Waals surface area contributed by atoms with Gasteiger partial charge in [0.25, 0.3) is 0 Å². The number of nitrogens with zero attached hydrogens (tertiary/aromatic N) is 1. The predicted molar refractivity (Wildman–Crippen MR) is 91.0 cm³/mol. The van der Waals surface area contributed by atoms with Crippen LogP contribution in [0.4, 0.5) is 0 Å². The van der Waals surface area contributed by atoms with Gasteiger partial charge in [-0.25, -0.2) is 0 Å². The van der Waals surface area contributed by atoms with Crippen molar-refractivity contribution in [1.82, 2.24) is 4.90 Å². The number of hydrogen-bond acceptors (Lipinski definition) is 5. The summed E-state index contributed by atoms with van der Waals surface area (Å²) in [6.45, 7) is 3.71. The maximum Gasteiger partial charge on any atom is 0.206 e. The van der Waals surface area contributed by atoms with Gasteiger partial charge in [-0.1, -0.05) is 6.07 Å². The summed E-state index contributed by atoms with van der Waals surface area (Å²) in [4.78, 5) is 2.57. The van der Waals surface area contributed by atoms with Gasteiger partial charge in [-0.2, -0.15) is 0 Å². The van der Waals surface area contributed by atoms with Crippen molar-refractivity contribution in [3.63, 3.8) is 0 Å². The summed E-state index contributed by atoms with van der Waals surface area (Å²) in [7, 11) is 4.01. The molecule has 2 spiro atoms. The Morgan fingerprint density at radius 1 is 1.24 bits per heavy atom. The van der Waals surface area contributed by atoms with Gasteiger partial charge in [0.2, 0.25) is 5.79 Å². The topological polar surface area (TPSA) is 40.2 Å². The van der Waals surface area contributed by atoms with Crippen molar-refractivity contribution >= 4 is 0 Å². The van der Waals surface area contributed by atoms with Gasteiger partial charge in [-0.15, -0.1) is 0 Å². The second kappa shape index (κ2) is 4.51. The molecule has 5 aliphatic rings. The largest absolute Gasteiger partial charge is 0.493 e. The molecule has 134 valence electrons. The van der Waals surface area contributed by atoms with Gasteiger partial charge in [0, 0.05) is 29.5 Å². The van der Waals surface area contributed by atoms with E-state index in [9.17, 15) is 0 Å². The van der Waals surface area contributed by atoms with Crippen LogP contribution in [0.3, 0.4) is 0 Å². The summed E-state index contributed by atoms with van der Waals surface area (Å²) in [5.74, 6) is 1.77. The minimum Gasteiger partial charge on any atom is -0.493 e. The summed E-state index contributed by atoms with van der Waals surface area (Å²) in [5.41, 5.74) is 2.81. The third-order valence-electron chi connectivity index (χ3n) is 7.79. The zero-order valence-electron chi connectivity index (χ0n) is 15.1. The van der Waals surface area contributed by atoms with Crippen molar-refractivity contribution in [3.8, 4) is 11.5 Å². The Hall–Kier alpha value is -1.30. The van der Waals surface area contributed by atoms with Gasteiger partial charge in [-0.3, -0.25) is 4.90 Å². The molecule has 3 fully saturated rings. The lowest BCUT2D eigenvalue weighted by Gasteiger charge is -2.56. The SMILES string of the molecule is COc1ccc2c3c1O[C@@H]1C4(CCC5C(C)N(C)C2CC351)OCCO4. The van der Waals surface area contributed by atoms with Crippen LogP contribution in [0.15, 0.2) is 12.1 Å². The molecule has 5 atom stereocenters. The van der Waals surface area contributed by atoms with E-state index in [0.29, 0.717) is 31.2 Å². The molecular formula is C20H25NO4. The monoisotopic (exact) mass is 343 g/mol. The summed E-state index contributed by atoms with van der Waals surface area (Å²) < 4.78 is 24.8. The lowest BCUT2D eigenvalue weighted by molar-refractivity contribution is -0.260. The van der Waals surface area contributed by atoms with Crippen LogP contribution in [-0.4, -0.2) is 50.2 Å². The number of likely N-dealkylation sites (tertiary alicyclic amines) is 1. The van der Waals surface area contributed by atoms with Crippen LogP contribution in [0, 0.1) is 5.92 Å². The number of ether oxygens (including phenoxy) is 4. The van der Waals surface area contributed by atoms with Gasteiger partial charge in [0.05, 0.1) is 20.3 Å². The first kappa shape index (κ1) is 14.8. The van der Waals surface area contributed by atoms with Crippen molar-refractivity contribution in [2.24, 2.45) is 5.92 Å². The Labute approximate surface area is 148 Å². The van der Waals surface area contributed by atoms with Crippen molar-refractivity contribution in [2.75, 3.05) is 27.4 Å². The van der Waals surface area contributed by atoms with Gasteiger partial charge in [0.1, 0.15) is 0 Å². The Morgan fingerprint density at radius 2 is 2.04 bits per heavy atom. The quantitative estimate of drug-likeness (QED) is 0.784. The van der Waals surface area contributed by atoms with Crippen LogP contribution in [0.1, 0.15) is 43.4 Å². The Morgan fingerprint density at radius 3 is 2.80 bits per heavy atom. The lowest BCUT2D eigenvalue weighted by atomic mass is 9.57. The van der Waals surface area contributed by atoms with Gasteiger partial charge in [0.15, 0.2) is 17.6 Å². The highest BCUT2D eigenvalue weighted by Crippen LogP contribution is 2.70. The number of rotatable bonds is 1. The van der Waals surface area contributed by atoms with Crippen LogP contribution in [0.25, 0.3) is 0 Å². The standard InChI is InChI=1S/C20H25NO4/c1-11-13-6-7-20(23-8-9-24-20)18-19(13)10-14(21(11)2)12-4-5-15(22-3)17(25-18)16(12)19/h4-5,11,13-14,18H,6-10H2,1-3H3/t11?,13?,14?,18-,19?/m0/s1. The summed E-state index contributed by atoms with van der Waals surface area (Å²) >= 11 is 0. The molecule has 2 aliphatic carbocycles. The fourth-order valence-corrected chi connectivity index (χ4v) is 6.74. The number of piperidine rings is 1. The molecule has 5 heteroatoms. The predicted octanol–water partition coefficient (Wildman–Crippen LogP) is 2.63. The Balaban J connectivity index is 1.63. The molecule has 0 N–H and O–H groups in total. The second-order valence-corrected chi connectivity index (χ2v) is 8.38. The third-order valence-corrected chi connectivity index (χ3v) is 7.79. The minimum absolute atomic E-state index is 0.00160. The van der Waals surface area contributed by atoms with Crippen molar-refractivity contribution < 1.29 is 18.9 Å². The van der Waals surface area contributed by atoms with E-state index in [-0.39, 0.29) is 11.5 Å². The van der Waals surface area contributed by atoms with E-state index in [0.717, 1.165) is 30.8 Å². The van der Waals surface area contributed by atoms with Crippen molar-refractivity contribution in [3.05, 3.63) is 23.3 Å². The molecule has 0 amide bonds. The van der Waals surface area contributed by atoms with E-state index < -0.39 is 5.79 Å². The molecule has 3 aliphatic heterocycles. The van der Waals surface area contributed by atoms with E-state index in [1.54, 1.807) is 7.11 Å². The van der Waals surface area contributed by atoms with Gasteiger partial charge in [-0.05, 0) is 44.4 Å². The van der Waals surface area contributed by atoms with Crippen LogP contribution in [0.5, 0.6) is 11.5 Å². The zero-order valence-corrected chi connectivity index (χ0v) is 15.1. The first-order valence-electron chi connectivity index (χ1n) is 9.50. The Bertz CT molecular complexity index is 758. The molecule has 1 aromatic rings. The molecule has 1 aromatic carbocycles. The fraction of sp³-hybridized carbons (Fsp3) is 0.700. The third kappa shape index (κ3) is 1.46. The molecule has 0 aromatic heterocycles. The summed E-state index contributed by atoms with van der Waals surface area (Å²) in [6, 6.07) is 5.30. The highest BCUT2D eigenvalue weighted by Gasteiger charge is 2.73. The normalized spacial score (nSPS) is 42.5. The minimum atomic E-state index is -0.581. The van der Waals surface area contributed by atoms with Crippen LogP contribution < -0.4 is 9.47 Å². The van der Waals surface area contributed by atoms with Crippen LogP contribution in [0.2, 0.25) is 0 Å². The first-order chi connectivity index (χ1) is 12.1. The smallest absolute Gasteiger partial charge is 0.206 e. The number of fused-ring (bicyclic) bond motifs is 3. The average Bonchev–Trinajstić information content (AvgIpc) is 3.29. The molecule has 25 heavy (non-hydrogen) atoms. The number of hydrogen-bond donors (Lipinski definition) is 0. The highest BCUT2D eigenvalue weighted by molar-refractivity contribution is 5.63. The van der Waals surface area contributed by atoms with E-state index >= 15 is 0 Å². The molecule has 0 radical (unpaired) electrons. The molecule has 1 saturated carbocycles.